The lowest BCUT2D eigenvalue weighted by Gasteiger charge is -2.14. The monoisotopic (exact) mass is 290 g/mol. The second-order valence-electron chi connectivity index (χ2n) is 4.62. The van der Waals surface area contributed by atoms with Crippen molar-refractivity contribution in [1.29, 1.82) is 0 Å². The van der Waals surface area contributed by atoms with Gasteiger partial charge in [0.25, 0.3) is 5.91 Å². The molecule has 2 aromatic rings. The minimum atomic E-state index is -0.319. The third kappa shape index (κ3) is 2.62. The van der Waals surface area contributed by atoms with E-state index in [2.05, 4.69) is 15.3 Å². The summed E-state index contributed by atoms with van der Waals surface area (Å²) in [5.41, 5.74) is 0.702. The number of carbonyl (C=O) groups excluding carboxylic acids is 2. The first kappa shape index (κ1) is 13.0. The Balaban J connectivity index is 1.62. The Morgan fingerprint density at radius 3 is 2.90 bits per heavy atom. The number of likely N-dealkylation sites (tertiary alicyclic amines) is 1. The van der Waals surface area contributed by atoms with Gasteiger partial charge in [0.2, 0.25) is 5.91 Å². The Hall–Kier alpha value is -2.02. The van der Waals surface area contributed by atoms with Crippen LogP contribution in [-0.2, 0) is 4.79 Å². The zero-order valence-corrected chi connectivity index (χ0v) is 11.7. The Labute approximate surface area is 119 Å². The van der Waals surface area contributed by atoms with Crippen molar-refractivity contribution in [3.63, 3.8) is 0 Å². The minimum absolute atomic E-state index is 0.0299. The standard InChI is InChI=1S/C13H14N4O2S/c18-10(17-6-1-2-7-17)8-15-11(19)13-16-9-4-3-5-14-12(9)20-13/h3-5H,1-2,6-8H2,(H,15,19). The highest BCUT2D eigenvalue weighted by Crippen LogP contribution is 2.18. The van der Waals surface area contributed by atoms with Crippen LogP contribution in [0.3, 0.4) is 0 Å². The van der Waals surface area contributed by atoms with Gasteiger partial charge in [-0.3, -0.25) is 9.59 Å². The van der Waals surface area contributed by atoms with Crippen molar-refractivity contribution >= 4 is 33.5 Å². The van der Waals surface area contributed by atoms with Crippen LogP contribution in [0.25, 0.3) is 10.3 Å². The maximum Gasteiger partial charge on any atom is 0.280 e. The lowest BCUT2D eigenvalue weighted by Crippen LogP contribution is -2.38. The number of thiazole rings is 1. The Morgan fingerprint density at radius 2 is 2.15 bits per heavy atom. The molecule has 1 saturated heterocycles. The van der Waals surface area contributed by atoms with Gasteiger partial charge in [-0.25, -0.2) is 9.97 Å². The van der Waals surface area contributed by atoms with Gasteiger partial charge >= 0.3 is 0 Å². The molecule has 0 aromatic carbocycles. The predicted molar refractivity (Wildman–Crippen MR) is 75.6 cm³/mol. The SMILES string of the molecule is O=C(NCC(=O)N1CCCC1)c1nc2cccnc2s1. The zero-order valence-electron chi connectivity index (χ0n) is 10.8. The molecule has 7 heteroatoms. The van der Waals surface area contributed by atoms with Gasteiger partial charge in [-0.2, -0.15) is 0 Å². The van der Waals surface area contributed by atoms with Crippen LogP contribution in [-0.4, -0.2) is 46.3 Å². The van der Waals surface area contributed by atoms with E-state index < -0.39 is 0 Å². The smallest absolute Gasteiger partial charge is 0.280 e. The Morgan fingerprint density at radius 1 is 1.35 bits per heavy atom. The van der Waals surface area contributed by atoms with Gasteiger partial charge in [-0.1, -0.05) is 11.3 Å². The summed E-state index contributed by atoms with van der Waals surface area (Å²) in [7, 11) is 0. The molecule has 3 heterocycles. The largest absolute Gasteiger partial charge is 0.341 e. The van der Waals surface area contributed by atoms with E-state index in [-0.39, 0.29) is 18.4 Å². The summed E-state index contributed by atoms with van der Waals surface area (Å²) in [6.07, 6.45) is 3.76. The highest BCUT2D eigenvalue weighted by molar-refractivity contribution is 7.19. The summed E-state index contributed by atoms with van der Waals surface area (Å²) in [4.78, 5) is 34.7. The van der Waals surface area contributed by atoms with Gasteiger partial charge in [0.1, 0.15) is 10.3 Å². The van der Waals surface area contributed by atoms with Crippen molar-refractivity contribution in [2.75, 3.05) is 19.6 Å². The average Bonchev–Trinajstić information content (AvgIpc) is 3.12. The number of pyridine rings is 1. The molecular formula is C13H14N4O2S. The molecule has 1 aliphatic rings. The maximum absolute atomic E-state index is 12.0. The van der Waals surface area contributed by atoms with E-state index in [1.54, 1.807) is 17.2 Å². The van der Waals surface area contributed by atoms with Crippen LogP contribution in [0.1, 0.15) is 22.6 Å². The van der Waals surface area contributed by atoms with Crippen molar-refractivity contribution in [3.8, 4) is 0 Å². The summed E-state index contributed by atoms with van der Waals surface area (Å²) >= 11 is 1.23. The zero-order chi connectivity index (χ0) is 13.9. The summed E-state index contributed by atoms with van der Waals surface area (Å²) in [6.45, 7) is 1.61. The fourth-order valence-corrected chi connectivity index (χ4v) is 3.00. The van der Waals surface area contributed by atoms with Crippen LogP contribution in [0.5, 0.6) is 0 Å². The predicted octanol–water partition coefficient (Wildman–Crippen LogP) is 1.04. The summed E-state index contributed by atoms with van der Waals surface area (Å²) in [5, 5.41) is 2.97. The van der Waals surface area contributed by atoms with Crippen molar-refractivity contribution in [2.24, 2.45) is 0 Å². The van der Waals surface area contributed by atoms with E-state index in [9.17, 15) is 9.59 Å². The number of nitrogens with zero attached hydrogens (tertiary/aromatic N) is 3. The van der Waals surface area contributed by atoms with Gasteiger partial charge in [0.05, 0.1) is 6.54 Å². The van der Waals surface area contributed by atoms with E-state index in [4.69, 9.17) is 0 Å². The maximum atomic E-state index is 12.0. The van der Waals surface area contributed by atoms with Crippen molar-refractivity contribution in [3.05, 3.63) is 23.3 Å². The van der Waals surface area contributed by atoms with Crippen molar-refractivity contribution in [1.82, 2.24) is 20.2 Å². The summed E-state index contributed by atoms with van der Waals surface area (Å²) in [6, 6.07) is 3.59. The minimum Gasteiger partial charge on any atom is -0.341 e. The molecule has 2 aromatic heterocycles. The van der Waals surface area contributed by atoms with Crippen LogP contribution in [0.15, 0.2) is 18.3 Å². The first-order chi connectivity index (χ1) is 9.74. The number of amides is 2. The fraction of sp³-hybridized carbons (Fsp3) is 0.385. The van der Waals surface area contributed by atoms with Crippen molar-refractivity contribution < 1.29 is 9.59 Å². The van der Waals surface area contributed by atoms with Crippen LogP contribution < -0.4 is 5.32 Å². The number of hydrogen-bond donors (Lipinski definition) is 1. The number of rotatable bonds is 3. The molecular weight excluding hydrogens is 276 g/mol. The molecule has 2 amide bonds. The molecule has 1 N–H and O–H groups in total. The van der Waals surface area contributed by atoms with Crippen molar-refractivity contribution in [2.45, 2.75) is 12.8 Å². The van der Waals surface area contributed by atoms with Crippen LogP contribution in [0.2, 0.25) is 0 Å². The number of nitrogens with one attached hydrogen (secondary N) is 1. The molecule has 0 saturated carbocycles. The molecule has 104 valence electrons. The fourth-order valence-electron chi connectivity index (χ4n) is 2.18. The molecule has 20 heavy (non-hydrogen) atoms. The first-order valence-corrected chi connectivity index (χ1v) is 7.33. The third-order valence-electron chi connectivity index (χ3n) is 3.22. The molecule has 0 atom stereocenters. The van der Waals surface area contributed by atoms with Gasteiger partial charge < -0.3 is 10.2 Å². The number of fused-ring (bicyclic) bond motifs is 1. The van der Waals surface area contributed by atoms with Crippen LogP contribution in [0.4, 0.5) is 0 Å². The Kier molecular flexibility index (Phi) is 3.60. The van der Waals surface area contributed by atoms with E-state index in [1.807, 2.05) is 6.07 Å². The second-order valence-corrected chi connectivity index (χ2v) is 5.59. The highest BCUT2D eigenvalue weighted by Gasteiger charge is 2.19. The number of carbonyl (C=O) groups is 2. The molecule has 6 nitrogen and oxygen atoms in total. The lowest BCUT2D eigenvalue weighted by molar-refractivity contribution is -0.129. The summed E-state index contributed by atoms with van der Waals surface area (Å²) < 4.78 is 0. The normalized spacial score (nSPS) is 14.7. The number of aromatic nitrogens is 2. The third-order valence-corrected chi connectivity index (χ3v) is 4.20. The van der Waals surface area contributed by atoms with Gasteiger partial charge in [0.15, 0.2) is 5.01 Å². The first-order valence-electron chi connectivity index (χ1n) is 6.51. The van der Waals surface area contributed by atoms with Gasteiger partial charge in [0, 0.05) is 19.3 Å². The molecule has 0 unspecified atom stereocenters. The van der Waals surface area contributed by atoms with Gasteiger partial charge in [-0.15, -0.1) is 0 Å². The van der Waals surface area contributed by atoms with Crippen LogP contribution >= 0.6 is 11.3 Å². The molecule has 0 aliphatic carbocycles. The molecule has 0 spiro atoms. The topological polar surface area (TPSA) is 75.2 Å². The quantitative estimate of drug-likeness (QED) is 0.916. The van der Waals surface area contributed by atoms with Crippen LogP contribution in [0, 0.1) is 0 Å². The molecule has 0 bridgehead atoms. The highest BCUT2D eigenvalue weighted by atomic mass is 32.1. The lowest BCUT2D eigenvalue weighted by atomic mass is 10.4. The average molecular weight is 290 g/mol. The number of hydrogen-bond acceptors (Lipinski definition) is 5. The van der Waals surface area contributed by atoms with E-state index in [0.29, 0.717) is 10.5 Å². The molecule has 1 aliphatic heterocycles. The van der Waals surface area contributed by atoms with E-state index in [1.165, 1.54) is 11.3 Å². The second kappa shape index (κ2) is 5.54. The van der Waals surface area contributed by atoms with Gasteiger partial charge in [-0.05, 0) is 25.0 Å². The van der Waals surface area contributed by atoms with E-state index in [0.717, 1.165) is 30.8 Å². The molecule has 0 radical (unpaired) electrons. The molecule has 1 fully saturated rings. The van der Waals surface area contributed by atoms with E-state index >= 15 is 0 Å². The Bertz CT molecular complexity index is 616. The summed E-state index contributed by atoms with van der Waals surface area (Å²) in [5.74, 6) is -0.351. The molecule has 3 rings (SSSR count).